The number of nitrogens with zero attached hydrogens (tertiary/aromatic N) is 5. The van der Waals surface area contributed by atoms with Gasteiger partial charge in [0.2, 0.25) is 10.0 Å². The zero-order chi connectivity index (χ0) is 18.9. The van der Waals surface area contributed by atoms with Crippen LogP contribution >= 0.6 is 0 Å². The van der Waals surface area contributed by atoms with E-state index in [1.807, 2.05) is 24.3 Å². The highest BCUT2D eigenvalue weighted by Gasteiger charge is 2.20. The van der Waals surface area contributed by atoms with Crippen molar-refractivity contribution in [2.45, 2.75) is 31.7 Å². The molecule has 1 N–H and O–H groups in total. The molecule has 0 spiro atoms. The number of aromatic nitrogens is 4. The van der Waals surface area contributed by atoms with Gasteiger partial charge in [0.1, 0.15) is 0 Å². The molecule has 0 saturated heterocycles. The van der Waals surface area contributed by atoms with Gasteiger partial charge in [0.05, 0.1) is 18.0 Å². The van der Waals surface area contributed by atoms with Crippen molar-refractivity contribution in [3.05, 3.63) is 42.7 Å². The summed E-state index contributed by atoms with van der Waals surface area (Å²) in [5.41, 5.74) is 1.96. The number of hydrogen-bond acceptors (Lipinski definition) is 6. The van der Waals surface area contributed by atoms with Gasteiger partial charge in [0.15, 0.2) is 5.82 Å². The summed E-state index contributed by atoms with van der Waals surface area (Å²) in [5, 5.41) is 5.45. The molecule has 1 aromatic carbocycles. The van der Waals surface area contributed by atoms with E-state index in [4.69, 9.17) is 0 Å². The molecule has 0 aliphatic heterocycles. The Balaban J connectivity index is 1.53. The number of fused-ring (bicyclic) bond motifs is 1. The van der Waals surface area contributed by atoms with Crippen molar-refractivity contribution in [2.24, 2.45) is 4.99 Å². The molecule has 0 amide bonds. The Morgan fingerprint density at radius 1 is 1.19 bits per heavy atom. The molecule has 2 heterocycles. The third-order valence-electron chi connectivity index (χ3n) is 4.52. The molecular weight excluding hydrogens is 364 g/mol. The zero-order valence-corrected chi connectivity index (χ0v) is 15.7. The fourth-order valence-corrected chi connectivity index (χ4v) is 4.13. The van der Waals surface area contributed by atoms with E-state index in [-0.39, 0.29) is 6.04 Å². The first-order valence-corrected chi connectivity index (χ1v) is 10.7. The first-order chi connectivity index (χ1) is 13.0. The molecule has 2 aromatic heterocycles. The third kappa shape index (κ3) is 4.20. The molecule has 3 aromatic rings. The van der Waals surface area contributed by atoms with Crippen molar-refractivity contribution >= 4 is 32.6 Å². The maximum Gasteiger partial charge on any atom is 0.251 e. The first-order valence-electron chi connectivity index (χ1n) is 8.78. The van der Waals surface area contributed by atoms with Crippen molar-refractivity contribution in [2.75, 3.05) is 6.26 Å². The molecule has 140 valence electrons. The van der Waals surface area contributed by atoms with E-state index < -0.39 is 10.0 Å². The largest absolute Gasteiger partial charge is 0.251 e. The highest BCUT2D eigenvalue weighted by molar-refractivity contribution is 7.88. The van der Waals surface area contributed by atoms with Crippen LogP contribution in [0.1, 0.15) is 25.7 Å². The van der Waals surface area contributed by atoms with E-state index in [2.05, 4.69) is 24.8 Å². The number of hydrogen-bond donors (Lipinski definition) is 1. The lowest BCUT2D eigenvalue weighted by molar-refractivity contribution is 0.498. The minimum absolute atomic E-state index is 0.0263. The Labute approximate surface area is 157 Å². The molecule has 1 aliphatic carbocycles. The van der Waals surface area contributed by atoms with Crippen LogP contribution in [0.25, 0.3) is 16.7 Å². The first kappa shape index (κ1) is 17.7. The maximum atomic E-state index is 11.3. The van der Waals surface area contributed by atoms with Crippen LogP contribution in [0.15, 0.2) is 47.7 Å². The fraction of sp³-hybridized carbons (Fsp3) is 0.333. The van der Waals surface area contributed by atoms with E-state index in [1.54, 1.807) is 23.1 Å². The van der Waals surface area contributed by atoms with E-state index in [9.17, 15) is 8.42 Å². The Bertz CT molecular complexity index is 1100. The Kier molecular flexibility index (Phi) is 4.71. The van der Waals surface area contributed by atoms with Crippen LogP contribution in [0.5, 0.6) is 0 Å². The van der Waals surface area contributed by atoms with Gasteiger partial charge in [-0.25, -0.2) is 27.8 Å². The molecule has 0 atom stereocenters. The lowest BCUT2D eigenvalue weighted by Crippen LogP contribution is -2.36. The van der Waals surface area contributed by atoms with Gasteiger partial charge in [0, 0.05) is 29.4 Å². The van der Waals surface area contributed by atoms with Gasteiger partial charge in [0.25, 0.3) is 5.95 Å². The second-order valence-electron chi connectivity index (χ2n) is 6.67. The van der Waals surface area contributed by atoms with Crippen LogP contribution < -0.4 is 4.72 Å². The van der Waals surface area contributed by atoms with E-state index in [0.717, 1.165) is 42.3 Å². The average molecular weight is 384 g/mol. The van der Waals surface area contributed by atoms with Crippen molar-refractivity contribution in [1.29, 1.82) is 0 Å². The monoisotopic (exact) mass is 384 g/mol. The van der Waals surface area contributed by atoms with Gasteiger partial charge in [-0.15, -0.1) is 0 Å². The summed E-state index contributed by atoms with van der Waals surface area (Å²) >= 11 is 0. The molecule has 1 fully saturated rings. The lowest BCUT2D eigenvalue weighted by atomic mass is 9.94. The molecule has 9 heteroatoms. The third-order valence-corrected chi connectivity index (χ3v) is 5.29. The van der Waals surface area contributed by atoms with Gasteiger partial charge in [-0.1, -0.05) is 18.2 Å². The summed E-state index contributed by atoms with van der Waals surface area (Å²) in [7, 11) is -3.17. The van der Waals surface area contributed by atoms with Crippen molar-refractivity contribution in [1.82, 2.24) is 24.5 Å². The molecule has 0 bridgehead atoms. The Morgan fingerprint density at radius 3 is 2.74 bits per heavy atom. The van der Waals surface area contributed by atoms with Crippen molar-refractivity contribution in [3.8, 4) is 5.82 Å². The van der Waals surface area contributed by atoms with Gasteiger partial charge < -0.3 is 0 Å². The van der Waals surface area contributed by atoms with Crippen LogP contribution in [0.4, 0.5) is 5.95 Å². The van der Waals surface area contributed by atoms with Crippen molar-refractivity contribution in [3.63, 3.8) is 0 Å². The standard InChI is InChI=1S/C18H20N6O2S/c1-27(25,26)23-15-8-6-14(7-9-15)21-18-19-11-10-17(22-18)24-16-5-3-2-4-13(16)12-20-24/h2-5,10-12,15,23H,6-9H2,1H3. The highest BCUT2D eigenvalue weighted by atomic mass is 32.2. The summed E-state index contributed by atoms with van der Waals surface area (Å²) in [4.78, 5) is 13.4. The lowest BCUT2D eigenvalue weighted by Gasteiger charge is -2.23. The topological polar surface area (TPSA) is 102 Å². The van der Waals surface area contributed by atoms with Crippen molar-refractivity contribution < 1.29 is 8.42 Å². The second kappa shape index (κ2) is 7.16. The minimum atomic E-state index is -3.17. The summed E-state index contributed by atoms with van der Waals surface area (Å²) in [6, 6.07) is 9.71. The predicted octanol–water partition coefficient (Wildman–Crippen LogP) is 2.38. The van der Waals surface area contributed by atoms with Crippen LogP contribution in [-0.2, 0) is 10.0 Å². The number of rotatable bonds is 4. The summed E-state index contributed by atoms with van der Waals surface area (Å²) in [5.74, 6) is 1.06. The van der Waals surface area contributed by atoms with Crippen LogP contribution in [0.2, 0.25) is 0 Å². The fourth-order valence-electron chi connectivity index (χ4n) is 3.29. The van der Waals surface area contributed by atoms with Crippen LogP contribution in [0.3, 0.4) is 0 Å². The number of benzene rings is 1. The number of nitrogens with one attached hydrogen (secondary N) is 1. The molecular formula is C18H20N6O2S. The van der Waals surface area contributed by atoms with Crippen LogP contribution in [0, 0.1) is 0 Å². The van der Waals surface area contributed by atoms with Gasteiger partial charge in [-0.3, -0.25) is 0 Å². The summed E-state index contributed by atoms with van der Waals surface area (Å²) in [6.07, 6.45) is 7.59. The zero-order valence-electron chi connectivity index (χ0n) is 14.9. The SMILES string of the molecule is CS(=O)(=O)NC1CCC(=Nc2nccc(-n3ncc4ccccc43)n2)CC1. The second-order valence-corrected chi connectivity index (χ2v) is 8.45. The van der Waals surface area contributed by atoms with Gasteiger partial charge in [-0.05, 0) is 31.7 Å². The van der Waals surface area contributed by atoms with Crippen LogP contribution in [-0.4, -0.2) is 46.2 Å². The average Bonchev–Trinajstić information content (AvgIpc) is 3.07. The molecule has 1 saturated carbocycles. The number of aliphatic imine (C=N–C) groups is 1. The number of sulfonamides is 1. The van der Waals surface area contributed by atoms with Gasteiger partial charge >= 0.3 is 0 Å². The van der Waals surface area contributed by atoms with E-state index in [0.29, 0.717) is 11.8 Å². The molecule has 4 rings (SSSR count). The molecule has 0 unspecified atom stereocenters. The molecule has 8 nitrogen and oxygen atoms in total. The smallest absolute Gasteiger partial charge is 0.221 e. The summed E-state index contributed by atoms with van der Waals surface area (Å²) < 4.78 is 27.1. The van der Waals surface area contributed by atoms with E-state index >= 15 is 0 Å². The highest BCUT2D eigenvalue weighted by Crippen LogP contribution is 2.21. The minimum Gasteiger partial charge on any atom is -0.221 e. The molecule has 27 heavy (non-hydrogen) atoms. The normalized spacial score (nSPS) is 18.0. The molecule has 0 radical (unpaired) electrons. The quantitative estimate of drug-likeness (QED) is 0.744. The number of para-hydroxylation sites is 1. The van der Waals surface area contributed by atoms with Gasteiger partial charge in [-0.2, -0.15) is 10.1 Å². The molecule has 1 aliphatic rings. The predicted molar refractivity (Wildman–Crippen MR) is 104 cm³/mol. The summed E-state index contributed by atoms with van der Waals surface area (Å²) in [6.45, 7) is 0. The Morgan fingerprint density at radius 2 is 1.96 bits per heavy atom. The Hall–Kier alpha value is -2.65. The maximum absolute atomic E-state index is 11.3. The van der Waals surface area contributed by atoms with E-state index in [1.165, 1.54) is 6.26 Å².